The van der Waals surface area contributed by atoms with E-state index in [4.69, 9.17) is 11.1 Å². The third kappa shape index (κ3) is 4.77. The van der Waals surface area contributed by atoms with Crippen LogP contribution in [0.1, 0.15) is 40.9 Å². The van der Waals surface area contributed by atoms with Gasteiger partial charge in [-0.3, -0.25) is 5.41 Å². The molecule has 1 unspecified atom stereocenters. The maximum absolute atomic E-state index is 14.2. The third-order valence-electron chi connectivity index (χ3n) is 5.20. The van der Waals surface area contributed by atoms with Crippen LogP contribution >= 0.6 is 0 Å². The SMILES string of the molecule is CC(Nc1ncnc(N)c1C(=N)c1cc(C#N)cc(C#N)c1)c1ccnc(-c2ccccc2F)n1. The number of hydrogen-bond acceptors (Lipinski definition) is 9. The van der Waals surface area contributed by atoms with E-state index in [0.717, 1.165) is 0 Å². The zero-order valence-electron chi connectivity index (χ0n) is 18.5. The quantitative estimate of drug-likeness (QED) is 0.362. The largest absolute Gasteiger partial charge is 0.383 e. The molecular weight excluding hydrogens is 445 g/mol. The molecule has 1 atom stereocenters. The zero-order chi connectivity index (χ0) is 24.9. The molecule has 0 radical (unpaired) electrons. The Morgan fingerprint density at radius 2 is 1.77 bits per heavy atom. The van der Waals surface area contributed by atoms with E-state index in [9.17, 15) is 14.9 Å². The summed E-state index contributed by atoms with van der Waals surface area (Å²) < 4.78 is 14.2. The van der Waals surface area contributed by atoms with E-state index >= 15 is 0 Å². The molecule has 0 bridgehead atoms. The topological polar surface area (TPSA) is 161 Å². The minimum atomic E-state index is -0.430. The molecule has 9 nitrogen and oxygen atoms in total. The van der Waals surface area contributed by atoms with Gasteiger partial charge in [0.25, 0.3) is 0 Å². The predicted molar refractivity (Wildman–Crippen MR) is 128 cm³/mol. The lowest BCUT2D eigenvalue weighted by molar-refractivity contribution is 0.629. The summed E-state index contributed by atoms with van der Waals surface area (Å²) in [4.78, 5) is 16.9. The molecule has 2 aromatic heterocycles. The van der Waals surface area contributed by atoms with Gasteiger partial charge in [-0.1, -0.05) is 12.1 Å². The highest BCUT2D eigenvalue weighted by Crippen LogP contribution is 2.27. The number of aromatic nitrogens is 4. The fourth-order valence-corrected chi connectivity index (χ4v) is 3.47. The van der Waals surface area contributed by atoms with Crippen LogP contribution in [0.3, 0.4) is 0 Å². The van der Waals surface area contributed by atoms with Crippen molar-refractivity contribution >= 4 is 17.3 Å². The Morgan fingerprint density at radius 1 is 1.06 bits per heavy atom. The van der Waals surface area contributed by atoms with Gasteiger partial charge in [-0.05, 0) is 43.3 Å². The van der Waals surface area contributed by atoms with Crippen molar-refractivity contribution in [2.45, 2.75) is 13.0 Å². The minimum absolute atomic E-state index is 0.0512. The van der Waals surface area contributed by atoms with Crippen molar-refractivity contribution in [1.29, 1.82) is 15.9 Å². The Labute approximate surface area is 200 Å². The second-order valence-corrected chi connectivity index (χ2v) is 7.53. The molecule has 0 saturated carbocycles. The van der Waals surface area contributed by atoms with Crippen LogP contribution in [-0.2, 0) is 0 Å². The molecule has 0 aliphatic heterocycles. The van der Waals surface area contributed by atoms with Crippen molar-refractivity contribution in [2.75, 3.05) is 11.1 Å². The van der Waals surface area contributed by atoms with Crippen LogP contribution in [0.5, 0.6) is 0 Å². The van der Waals surface area contributed by atoms with Crippen molar-refractivity contribution in [3.05, 3.63) is 94.8 Å². The summed E-state index contributed by atoms with van der Waals surface area (Å²) in [6, 6.07) is 15.9. The van der Waals surface area contributed by atoms with Gasteiger partial charge in [0.05, 0.1) is 51.8 Å². The van der Waals surface area contributed by atoms with Gasteiger partial charge in [0.2, 0.25) is 0 Å². The highest BCUT2D eigenvalue weighted by Gasteiger charge is 2.20. The van der Waals surface area contributed by atoms with Crippen molar-refractivity contribution in [3.8, 4) is 23.5 Å². The number of nitriles is 2. The van der Waals surface area contributed by atoms with E-state index in [-0.39, 0.29) is 45.4 Å². The van der Waals surface area contributed by atoms with Crippen molar-refractivity contribution in [2.24, 2.45) is 0 Å². The predicted octanol–water partition coefficient (Wildman–Crippen LogP) is 3.99. The number of halogens is 1. The number of benzene rings is 2. The fourth-order valence-electron chi connectivity index (χ4n) is 3.47. The van der Waals surface area contributed by atoms with Gasteiger partial charge in [-0.25, -0.2) is 24.3 Å². The molecule has 4 aromatic rings. The van der Waals surface area contributed by atoms with E-state index in [2.05, 4.69) is 25.3 Å². The summed E-state index contributed by atoms with van der Waals surface area (Å²) in [5.74, 6) is 0.125. The molecule has 35 heavy (non-hydrogen) atoms. The summed E-state index contributed by atoms with van der Waals surface area (Å²) in [5.41, 5.74) is 7.90. The molecule has 2 aromatic carbocycles. The summed E-state index contributed by atoms with van der Waals surface area (Å²) in [7, 11) is 0. The zero-order valence-corrected chi connectivity index (χ0v) is 18.5. The van der Waals surface area contributed by atoms with Gasteiger partial charge in [0.1, 0.15) is 23.8 Å². The number of nitrogen functional groups attached to an aromatic ring is 1. The van der Waals surface area contributed by atoms with Crippen LogP contribution in [0.4, 0.5) is 16.0 Å². The lowest BCUT2D eigenvalue weighted by Gasteiger charge is -2.18. The van der Waals surface area contributed by atoms with Gasteiger partial charge < -0.3 is 11.1 Å². The lowest BCUT2D eigenvalue weighted by Crippen LogP contribution is -2.17. The first kappa shape index (κ1) is 23.0. The summed E-state index contributed by atoms with van der Waals surface area (Å²) in [6.45, 7) is 1.82. The monoisotopic (exact) mass is 463 g/mol. The van der Waals surface area contributed by atoms with E-state index < -0.39 is 11.9 Å². The molecule has 4 N–H and O–H groups in total. The summed E-state index contributed by atoms with van der Waals surface area (Å²) >= 11 is 0. The molecule has 2 heterocycles. The smallest absolute Gasteiger partial charge is 0.162 e. The molecule has 0 saturated heterocycles. The average Bonchev–Trinajstić information content (AvgIpc) is 2.88. The van der Waals surface area contributed by atoms with Crippen LogP contribution < -0.4 is 11.1 Å². The van der Waals surface area contributed by atoms with Crippen LogP contribution in [0.25, 0.3) is 11.4 Å². The summed E-state index contributed by atoms with van der Waals surface area (Å²) in [5, 5.41) is 30.5. The Balaban J connectivity index is 1.69. The van der Waals surface area contributed by atoms with Crippen molar-refractivity contribution in [1.82, 2.24) is 19.9 Å². The van der Waals surface area contributed by atoms with Gasteiger partial charge in [0, 0.05) is 11.8 Å². The normalized spacial score (nSPS) is 11.2. The highest BCUT2D eigenvalue weighted by atomic mass is 19.1. The third-order valence-corrected chi connectivity index (χ3v) is 5.20. The minimum Gasteiger partial charge on any atom is -0.383 e. The second-order valence-electron chi connectivity index (χ2n) is 7.53. The van der Waals surface area contributed by atoms with Gasteiger partial charge in [-0.15, -0.1) is 0 Å². The second kappa shape index (κ2) is 9.73. The molecule has 0 spiro atoms. The number of nitrogens with zero attached hydrogens (tertiary/aromatic N) is 6. The Kier molecular flexibility index (Phi) is 6.38. The molecule has 0 aliphatic rings. The van der Waals surface area contributed by atoms with Gasteiger partial charge >= 0.3 is 0 Å². The van der Waals surface area contributed by atoms with Crippen LogP contribution in [-0.4, -0.2) is 25.6 Å². The van der Waals surface area contributed by atoms with E-state index in [1.807, 2.05) is 19.1 Å². The molecule has 0 amide bonds. The number of anilines is 2. The van der Waals surface area contributed by atoms with Crippen LogP contribution in [0, 0.1) is 33.9 Å². The molecule has 0 aliphatic carbocycles. The van der Waals surface area contributed by atoms with Gasteiger partial charge in [-0.2, -0.15) is 10.5 Å². The highest BCUT2D eigenvalue weighted by molar-refractivity contribution is 6.16. The lowest BCUT2D eigenvalue weighted by atomic mass is 9.98. The molecular formula is C25H18FN9. The fraction of sp³-hybridized carbons (Fsp3) is 0.0800. The maximum Gasteiger partial charge on any atom is 0.162 e. The summed E-state index contributed by atoms with van der Waals surface area (Å²) in [6.07, 6.45) is 2.80. The average molecular weight is 463 g/mol. The van der Waals surface area contributed by atoms with E-state index in [0.29, 0.717) is 11.3 Å². The number of nitrogens with two attached hydrogens (primary N) is 1. The maximum atomic E-state index is 14.2. The van der Waals surface area contributed by atoms with Crippen LogP contribution in [0.2, 0.25) is 0 Å². The van der Waals surface area contributed by atoms with Crippen molar-refractivity contribution < 1.29 is 4.39 Å². The molecule has 10 heteroatoms. The molecule has 170 valence electrons. The molecule has 4 rings (SSSR count). The first-order valence-corrected chi connectivity index (χ1v) is 10.4. The Bertz CT molecular complexity index is 1490. The number of nitrogens with one attached hydrogen (secondary N) is 2. The first-order valence-electron chi connectivity index (χ1n) is 10.4. The molecule has 0 fully saturated rings. The van der Waals surface area contributed by atoms with Crippen LogP contribution in [0.15, 0.2) is 61.1 Å². The number of hydrogen-bond donors (Lipinski definition) is 3. The first-order chi connectivity index (χ1) is 16.9. The standard InChI is InChI=1S/C25H18FN9/c1-14(20-6-7-31-24(35-20)18-4-2-3-5-19(18)26)34-25-21(23(30)32-13-33-25)22(29)17-9-15(11-27)8-16(10-17)12-28/h2-10,13-14,29H,1H3,(H3,30,32,33,34). The van der Waals surface area contributed by atoms with Crippen molar-refractivity contribution in [3.63, 3.8) is 0 Å². The van der Waals surface area contributed by atoms with E-state index in [1.165, 1.54) is 36.8 Å². The Morgan fingerprint density at radius 3 is 2.46 bits per heavy atom. The number of rotatable bonds is 6. The van der Waals surface area contributed by atoms with E-state index in [1.54, 1.807) is 24.3 Å². The Hall–Kier alpha value is -5.22. The van der Waals surface area contributed by atoms with Gasteiger partial charge in [0.15, 0.2) is 5.82 Å².